The van der Waals surface area contributed by atoms with Gasteiger partial charge in [-0.1, -0.05) is 25.4 Å². The minimum atomic E-state index is 0.503. The molecular formula is C11H13ClN2. The first-order valence-corrected chi connectivity index (χ1v) is 5.08. The summed E-state index contributed by atoms with van der Waals surface area (Å²) in [6.07, 6.45) is 3.54. The monoisotopic (exact) mass is 208 g/mol. The molecule has 0 atom stereocenters. The lowest BCUT2D eigenvalue weighted by atomic mass is 10.1. The second kappa shape index (κ2) is 3.28. The Kier molecular flexibility index (Phi) is 2.23. The zero-order valence-electron chi connectivity index (χ0n) is 8.58. The highest BCUT2D eigenvalue weighted by molar-refractivity contribution is 6.35. The van der Waals surface area contributed by atoms with Crippen LogP contribution in [-0.4, -0.2) is 9.55 Å². The van der Waals surface area contributed by atoms with E-state index >= 15 is 0 Å². The molecule has 3 heteroatoms. The van der Waals surface area contributed by atoms with Crippen molar-refractivity contribution < 1.29 is 0 Å². The Morgan fingerprint density at radius 1 is 1.36 bits per heavy atom. The third-order valence-corrected chi connectivity index (χ3v) is 2.85. The largest absolute Gasteiger partial charge is 0.346 e. The molecule has 2 heterocycles. The number of hydrogen-bond donors (Lipinski definition) is 0. The van der Waals surface area contributed by atoms with Gasteiger partial charge in [-0.25, -0.2) is 0 Å². The summed E-state index contributed by atoms with van der Waals surface area (Å²) in [7, 11) is 2.05. The van der Waals surface area contributed by atoms with Gasteiger partial charge >= 0.3 is 0 Å². The first-order valence-electron chi connectivity index (χ1n) is 4.70. The average Bonchev–Trinajstić information content (AvgIpc) is 2.46. The van der Waals surface area contributed by atoms with Crippen molar-refractivity contribution in [3.05, 3.63) is 29.2 Å². The topological polar surface area (TPSA) is 17.8 Å². The molecule has 2 rings (SSSR count). The Morgan fingerprint density at radius 2 is 2.07 bits per heavy atom. The van der Waals surface area contributed by atoms with Gasteiger partial charge in [0.25, 0.3) is 0 Å². The smallest absolute Gasteiger partial charge is 0.0683 e. The predicted molar refractivity (Wildman–Crippen MR) is 59.8 cm³/mol. The number of pyridine rings is 1. The van der Waals surface area contributed by atoms with Crippen LogP contribution >= 0.6 is 11.6 Å². The second-order valence-electron chi connectivity index (χ2n) is 3.84. The van der Waals surface area contributed by atoms with Crippen LogP contribution in [0.5, 0.6) is 0 Å². The van der Waals surface area contributed by atoms with E-state index < -0.39 is 0 Å². The van der Waals surface area contributed by atoms with Gasteiger partial charge in [0.15, 0.2) is 0 Å². The van der Waals surface area contributed by atoms with Crippen molar-refractivity contribution in [1.29, 1.82) is 0 Å². The number of fused-ring (bicyclic) bond motifs is 1. The highest BCUT2D eigenvalue weighted by Gasteiger charge is 2.10. The van der Waals surface area contributed by atoms with Crippen molar-refractivity contribution in [2.75, 3.05) is 0 Å². The van der Waals surface area contributed by atoms with Crippen LogP contribution < -0.4 is 0 Å². The summed E-state index contributed by atoms with van der Waals surface area (Å²) in [5, 5.41) is 1.82. The highest BCUT2D eigenvalue weighted by Crippen LogP contribution is 2.28. The number of aromatic nitrogens is 2. The highest BCUT2D eigenvalue weighted by atomic mass is 35.5. The number of rotatable bonds is 1. The summed E-state index contributed by atoms with van der Waals surface area (Å²) in [4.78, 5) is 4.09. The normalized spacial score (nSPS) is 11.5. The number of aryl methyl sites for hydroxylation is 1. The van der Waals surface area contributed by atoms with Gasteiger partial charge in [-0.2, -0.15) is 0 Å². The molecule has 0 unspecified atom stereocenters. The maximum Gasteiger partial charge on any atom is 0.0683 e. The number of nitrogens with zero attached hydrogens (tertiary/aromatic N) is 2. The molecule has 0 aliphatic rings. The molecule has 14 heavy (non-hydrogen) atoms. The zero-order chi connectivity index (χ0) is 10.3. The van der Waals surface area contributed by atoms with Gasteiger partial charge in [-0.3, -0.25) is 4.98 Å². The summed E-state index contributed by atoms with van der Waals surface area (Å²) < 4.78 is 2.15. The average molecular weight is 209 g/mol. The molecule has 0 saturated carbocycles. The Bertz CT molecular complexity index is 471. The summed E-state index contributed by atoms with van der Waals surface area (Å²) in [5.41, 5.74) is 2.39. The number of hydrogen-bond acceptors (Lipinski definition) is 1. The Morgan fingerprint density at radius 3 is 2.64 bits per heavy atom. The lowest BCUT2D eigenvalue weighted by molar-refractivity contribution is 0.755. The van der Waals surface area contributed by atoms with Crippen LogP contribution in [0.3, 0.4) is 0 Å². The minimum absolute atomic E-state index is 0.503. The lowest BCUT2D eigenvalue weighted by Gasteiger charge is -2.06. The van der Waals surface area contributed by atoms with Gasteiger partial charge in [0.05, 0.1) is 16.7 Å². The van der Waals surface area contributed by atoms with Crippen LogP contribution in [0.25, 0.3) is 10.9 Å². The van der Waals surface area contributed by atoms with Crippen LogP contribution in [0, 0.1) is 0 Å². The maximum atomic E-state index is 6.07. The molecule has 0 saturated heterocycles. The third kappa shape index (κ3) is 1.30. The maximum absolute atomic E-state index is 6.07. The van der Waals surface area contributed by atoms with Crippen LogP contribution in [0.15, 0.2) is 18.5 Å². The Labute approximate surface area is 88.5 Å². The van der Waals surface area contributed by atoms with E-state index in [1.54, 1.807) is 6.20 Å². The second-order valence-corrected chi connectivity index (χ2v) is 4.24. The fraction of sp³-hybridized carbons (Fsp3) is 0.364. The molecule has 0 radical (unpaired) electrons. The van der Waals surface area contributed by atoms with E-state index in [1.807, 2.05) is 6.20 Å². The Hall–Kier alpha value is -1.02. The standard InChI is InChI=1S/C11H13ClN2/c1-7(2)10-4-8-9(12)5-13-6-11(8)14(10)3/h4-7H,1-3H3. The summed E-state index contributed by atoms with van der Waals surface area (Å²) in [5.74, 6) is 0.503. The molecule has 0 bridgehead atoms. The van der Waals surface area contributed by atoms with Crippen LogP contribution in [0.4, 0.5) is 0 Å². The molecule has 0 spiro atoms. The van der Waals surface area contributed by atoms with Crippen molar-refractivity contribution in [2.24, 2.45) is 7.05 Å². The molecule has 74 valence electrons. The predicted octanol–water partition coefficient (Wildman–Crippen LogP) is 3.35. The van der Waals surface area contributed by atoms with Crippen molar-refractivity contribution in [3.63, 3.8) is 0 Å². The lowest BCUT2D eigenvalue weighted by Crippen LogP contribution is -1.97. The van der Waals surface area contributed by atoms with Gasteiger partial charge in [0, 0.05) is 24.3 Å². The molecule has 0 fully saturated rings. The summed E-state index contributed by atoms with van der Waals surface area (Å²) >= 11 is 6.07. The van der Waals surface area contributed by atoms with Gasteiger partial charge in [0.2, 0.25) is 0 Å². The molecule has 0 aliphatic heterocycles. The Balaban J connectivity index is 2.80. The van der Waals surface area contributed by atoms with Gasteiger partial charge in [0.1, 0.15) is 0 Å². The fourth-order valence-corrected chi connectivity index (χ4v) is 1.99. The molecular weight excluding hydrogens is 196 g/mol. The van der Waals surface area contributed by atoms with E-state index in [-0.39, 0.29) is 0 Å². The van der Waals surface area contributed by atoms with Crippen LogP contribution in [0.2, 0.25) is 5.02 Å². The first kappa shape index (κ1) is 9.53. The van der Waals surface area contributed by atoms with Crippen LogP contribution in [-0.2, 0) is 7.05 Å². The van der Waals surface area contributed by atoms with E-state index in [1.165, 1.54) is 5.69 Å². The van der Waals surface area contributed by atoms with Gasteiger partial charge in [-0.15, -0.1) is 0 Å². The van der Waals surface area contributed by atoms with E-state index in [9.17, 15) is 0 Å². The van der Waals surface area contributed by atoms with Crippen molar-refractivity contribution in [2.45, 2.75) is 19.8 Å². The molecule has 0 aromatic carbocycles. The first-order chi connectivity index (χ1) is 6.61. The molecule has 2 nitrogen and oxygen atoms in total. The number of halogens is 1. The van der Waals surface area contributed by atoms with Crippen molar-refractivity contribution in [1.82, 2.24) is 9.55 Å². The van der Waals surface area contributed by atoms with E-state index in [0.717, 1.165) is 15.9 Å². The molecule has 0 N–H and O–H groups in total. The summed E-state index contributed by atoms with van der Waals surface area (Å²) in [6.45, 7) is 4.35. The third-order valence-electron chi connectivity index (χ3n) is 2.55. The molecule has 0 aliphatic carbocycles. The van der Waals surface area contributed by atoms with Crippen LogP contribution in [0.1, 0.15) is 25.5 Å². The molecule has 0 amide bonds. The van der Waals surface area contributed by atoms with Crippen molar-refractivity contribution in [3.8, 4) is 0 Å². The zero-order valence-corrected chi connectivity index (χ0v) is 9.34. The molecule has 2 aromatic rings. The summed E-state index contributed by atoms with van der Waals surface area (Å²) in [6, 6.07) is 2.14. The van der Waals surface area contributed by atoms with Gasteiger partial charge < -0.3 is 4.57 Å². The molecule has 2 aromatic heterocycles. The van der Waals surface area contributed by atoms with Gasteiger partial charge in [-0.05, 0) is 12.0 Å². The minimum Gasteiger partial charge on any atom is -0.346 e. The van der Waals surface area contributed by atoms with E-state index in [4.69, 9.17) is 11.6 Å². The quantitative estimate of drug-likeness (QED) is 0.703. The van der Waals surface area contributed by atoms with Crippen molar-refractivity contribution >= 4 is 22.5 Å². The van der Waals surface area contributed by atoms with E-state index in [2.05, 4.69) is 36.5 Å². The van der Waals surface area contributed by atoms with E-state index in [0.29, 0.717) is 5.92 Å². The fourth-order valence-electron chi connectivity index (χ4n) is 1.78. The SMILES string of the molecule is CC(C)c1cc2c(Cl)cncc2n1C.